The van der Waals surface area contributed by atoms with Crippen LogP contribution in [0.4, 0.5) is 0 Å². The molecule has 0 spiro atoms. The monoisotopic (exact) mass is 275 g/mol. The van der Waals surface area contributed by atoms with E-state index in [0.717, 1.165) is 36.9 Å². The van der Waals surface area contributed by atoms with Crippen molar-refractivity contribution in [1.29, 1.82) is 0 Å². The van der Waals surface area contributed by atoms with Crippen LogP contribution in [0.5, 0.6) is 0 Å². The fourth-order valence-corrected chi connectivity index (χ4v) is 2.39. The van der Waals surface area contributed by atoms with Crippen molar-refractivity contribution in [2.45, 2.75) is 45.6 Å². The predicted molar refractivity (Wildman–Crippen MR) is 80.6 cm³/mol. The van der Waals surface area contributed by atoms with Gasteiger partial charge in [-0.15, -0.1) is 0 Å². The van der Waals surface area contributed by atoms with Crippen molar-refractivity contribution in [2.75, 3.05) is 6.54 Å². The minimum atomic E-state index is 0.511. The van der Waals surface area contributed by atoms with Crippen LogP contribution in [0.3, 0.4) is 0 Å². The van der Waals surface area contributed by atoms with E-state index in [1.807, 2.05) is 18.2 Å². The van der Waals surface area contributed by atoms with E-state index in [1.165, 1.54) is 12.8 Å². The van der Waals surface area contributed by atoms with Crippen molar-refractivity contribution in [3.05, 3.63) is 48.3 Å². The minimum Gasteiger partial charge on any atom is -0.469 e. The molecule has 0 fully saturated rings. The highest BCUT2D eigenvalue weighted by Crippen LogP contribution is 2.26. The third-order valence-corrected chi connectivity index (χ3v) is 3.59. The molecular weight excluding hydrogens is 250 g/mol. The Balaban J connectivity index is 1.75. The maximum absolute atomic E-state index is 5.58. The first kappa shape index (κ1) is 14.9. The lowest BCUT2D eigenvalue weighted by Gasteiger charge is -2.16. The molecule has 0 aliphatic rings. The number of furan rings is 2. The van der Waals surface area contributed by atoms with Gasteiger partial charge in [-0.3, -0.25) is 0 Å². The molecular formula is C17H25NO2. The Kier molecular flexibility index (Phi) is 5.93. The number of hydrogen-bond donors (Lipinski definition) is 1. The van der Waals surface area contributed by atoms with Crippen molar-refractivity contribution < 1.29 is 8.83 Å². The maximum Gasteiger partial charge on any atom is 0.117 e. The lowest BCUT2D eigenvalue weighted by Crippen LogP contribution is -2.17. The van der Waals surface area contributed by atoms with E-state index in [2.05, 4.69) is 25.2 Å². The van der Waals surface area contributed by atoms with Gasteiger partial charge in [0.2, 0.25) is 0 Å². The van der Waals surface area contributed by atoms with Gasteiger partial charge in [-0.1, -0.05) is 20.3 Å². The van der Waals surface area contributed by atoms with Gasteiger partial charge in [0.05, 0.1) is 19.1 Å². The normalized spacial score (nSPS) is 12.9. The molecule has 1 N–H and O–H groups in total. The molecule has 2 rings (SSSR count). The summed E-state index contributed by atoms with van der Waals surface area (Å²) in [6.07, 6.45) is 7.01. The van der Waals surface area contributed by atoms with E-state index in [9.17, 15) is 0 Å². The van der Waals surface area contributed by atoms with Crippen LogP contribution in [0.2, 0.25) is 0 Å². The Morgan fingerprint density at radius 3 is 2.45 bits per heavy atom. The molecule has 0 aliphatic heterocycles. The van der Waals surface area contributed by atoms with Gasteiger partial charge >= 0.3 is 0 Å². The molecule has 20 heavy (non-hydrogen) atoms. The van der Waals surface area contributed by atoms with Crippen LogP contribution >= 0.6 is 0 Å². The Hall–Kier alpha value is -1.48. The van der Waals surface area contributed by atoms with Crippen LogP contribution in [-0.4, -0.2) is 6.54 Å². The first-order valence-corrected chi connectivity index (χ1v) is 7.52. The summed E-state index contributed by atoms with van der Waals surface area (Å²) >= 11 is 0. The van der Waals surface area contributed by atoms with Crippen molar-refractivity contribution in [3.8, 4) is 0 Å². The standard InChI is InChI=1S/C17H25NO2/c1-14(2)7-8-15(17-6-4-12-20-17)9-10-18-13-16-5-3-11-19-16/h3-6,11-12,14-15,18H,7-10,13H2,1-2H3/t15-/m0/s1. The van der Waals surface area contributed by atoms with E-state index in [-0.39, 0.29) is 0 Å². The van der Waals surface area contributed by atoms with Gasteiger partial charge in [-0.2, -0.15) is 0 Å². The highest BCUT2D eigenvalue weighted by molar-refractivity contribution is 5.05. The van der Waals surface area contributed by atoms with Crippen LogP contribution in [0.15, 0.2) is 45.6 Å². The van der Waals surface area contributed by atoms with Gasteiger partial charge in [0.15, 0.2) is 0 Å². The Bertz CT molecular complexity index is 445. The van der Waals surface area contributed by atoms with Crippen molar-refractivity contribution in [1.82, 2.24) is 5.32 Å². The molecule has 1 atom stereocenters. The van der Waals surface area contributed by atoms with E-state index >= 15 is 0 Å². The summed E-state index contributed by atoms with van der Waals surface area (Å²) in [6, 6.07) is 7.99. The van der Waals surface area contributed by atoms with Gasteiger partial charge < -0.3 is 14.2 Å². The van der Waals surface area contributed by atoms with Gasteiger partial charge in [0.1, 0.15) is 11.5 Å². The fraction of sp³-hybridized carbons (Fsp3) is 0.529. The number of nitrogens with one attached hydrogen (secondary N) is 1. The highest BCUT2D eigenvalue weighted by Gasteiger charge is 2.14. The van der Waals surface area contributed by atoms with Gasteiger partial charge in [0, 0.05) is 5.92 Å². The fourth-order valence-electron chi connectivity index (χ4n) is 2.39. The molecule has 0 saturated heterocycles. The first-order chi connectivity index (χ1) is 9.75. The summed E-state index contributed by atoms with van der Waals surface area (Å²) in [5, 5.41) is 3.43. The van der Waals surface area contributed by atoms with Crippen LogP contribution in [0.25, 0.3) is 0 Å². The maximum atomic E-state index is 5.58. The molecule has 3 heteroatoms. The summed E-state index contributed by atoms with van der Waals surface area (Å²) in [5.74, 6) is 3.35. The Labute approximate surface area is 121 Å². The van der Waals surface area contributed by atoms with Crippen LogP contribution in [0, 0.1) is 5.92 Å². The molecule has 2 heterocycles. The van der Waals surface area contributed by atoms with Gasteiger partial charge in [0.25, 0.3) is 0 Å². The average molecular weight is 275 g/mol. The smallest absolute Gasteiger partial charge is 0.117 e. The van der Waals surface area contributed by atoms with Gasteiger partial charge in [-0.25, -0.2) is 0 Å². The summed E-state index contributed by atoms with van der Waals surface area (Å²) in [6.45, 7) is 6.31. The van der Waals surface area contributed by atoms with Crippen LogP contribution in [-0.2, 0) is 6.54 Å². The summed E-state index contributed by atoms with van der Waals surface area (Å²) in [4.78, 5) is 0. The quantitative estimate of drug-likeness (QED) is 0.681. The third-order valence-electron chi connectivity index (χ3n) is 3.59. The molecule has 0 radical (unpaired) electrons. The minimum absolute atomic E-state index is 0.511. The molecule has 0 unspecified atom stereocenters. The molecule has 0 amide bonds. The van der Waals surface area contributed by atoms with E-state index in [4.69, 9.17) is 8.83 Å². The molecule has 0 aliphatic carbocycles. The predicted octanol–water partition coefficient (Wildman–Crippen LogP) is 4.57. The second kappa shape index (κ2) is 7.95. The zero-order chi connectivity index (χ0) is 14.2. The van der Waals surface area contributed by atoms with E-state index < -0.39 is 0 Å². The zero-order valence-electron chi connectivity index (χ0n) is 12.5. The highest BCUT2D eigenvalue weighted by atomic mass is 16.3. The SMILES string of the molecule is CC(C)CC[C@@H](CCNCc1ccco1)c1ccco1. The first-order valence-electron chi connectivity index (χ1n) is 7.52. The van der Waals surface area contributed by atoms with E-state index in [0.29, 0.717) is 5.92 Å². The molecule has 3 nitrogen and oxygen atoms in total. The molecule has 0 aromatic carbocycles. The van der Waals surface area contributed by atoms with E-state index in [1.54, 1.807) is 12.5 Å². The lowest BCUT2D eigenvalue weighted by molar-refractivity contribution is 0.393. The molecule has 2 aromatic heterocycles. The molecule has 0 saturated carbocycles. The van der Waals surface area contributed by atoms with Gasteiger partial charge in [-0.05, 0) is 49.6 Å². The topological polar surface area (TPSA) is 38.3 Å². The second-order valence-corrected chi connectivity index (χ2v) is 5.73. The number of hydrogen-bond acceptors (Lipinski definition) is 3. The summed E-state index contributed by atoms with van der Waals surface area (Å²) in [7, 11) is 0. The summed E-state index contributed by atoms with van der Waals surface area (Å²) < 4.78 is 10.9. The van der Waals surface area contributed by atoms with Crippen molar-refractivity contribution in [2.24, 2.45) is 5.92 Å². The molecule has 0 bridgehead atoms. The van der Waals surface area contributed by atoms with Crippen molar-refractivity contribution in [3.63, 3.8) is 0 Å². The van der Waals surface area contributed by atoms with Crippen LogP contribution in [0.1, 0.15) is 50.5 Å². The molecule has 110 valence electrons. The zero-order valence-corrected chi connectivity index (χ0v) is 12.5. The number of rotatable bonds is 9. The largest absolute Gasteiger partial charge is 0.469 e. The lowest BCUT2D eigenvalue weighted by atomic mass is 9.93. The Morgan fingerprint density at radius 2 is 1.80 bits per heavy atom. The summed E-state index contributed by atoms with van der Waals surface area (Å²) in [5.41, 5.74) is 0. The molecule has 2 aromatic rings. The van der Waals surface area contributed by atoms with Crippen molar-refractivity contribution >= 4 is 0 Å². The Morgan fingerprint density at radius 1 is 1.00 bits per heavy atom. The second-order valence-electron chi connectivity index (χ2n) is 5.73. The average Bonchev–Trinajstić information content (AvgIpc) is 3.10. The third kappa shape index (κ3) is 4.89. The van der Waals surface area contributed by atoms with Crippen LogP contribution < -0.4 is 5.32 Å².